The van der Waals surface area contributed by atoms with Crippen LogP contribution in [0.1, 0.15) is 25.7 Å². The lowest BCUT2D eigenvalue weighted by atomic mass is 10.1. The van der Waals surface area contributed by atoms with E-state index in [9.17, 15) is 0 Å². The van der Waals surface area contributed by atoms with Crippen molar-refractivity contribution in [3.63, 3.8) is 0 Å². The number of hydrogen-bond acceptors (Lipinski definition) is 2. The summed E-state index contributed by atoms with van der Waals surface area (Å²) in [5.74, 6) is 0. The molecule has 53 valence electrons. The average molecular weight is 136 g/mol. The Morgan fingerprint density at radius 1 is 1.40 bits per heavy atom. The largest absolute Gasteiger partial charge is 0.383 e. The minimum atomic E-state index is 1.12. The predicted octanol–water partition coefficient (Wildman–Crippen LogP) is 0.782. The van der Waals surface area contributed by atoms with Crippen LogP contribution in [0.15, 0.2) is 11.4 Å². The van der Waals surface area contributed by atoms with Gasteiger partial charge in [-0.15, -0.1) is 0 Å². The molecule has 2 aliphatic heterocycles. The average Bonchev–Trinajstić information content (AvgIpc) is 2.05. The van der Waals surface area contributed by atoms with Gasteiger partial charge in [0.2, 0.25) is 6.21 Å². The van der Waals surface area contributed by atoms with Crippen molar-refractivity contribution in [2.24, 2.45) is 0 Å². The van der Waals surface area contributed by atoms with E-state index in [1.807, 2.05) is 6.21 Å². The van der Waals surface area contributed by atoms with E-state index in [0.29, 0.717) is 0 Å². The van der Waals surface area contributed by atoms with Crippen LogP contribution >= 0.6 is 0 Å². The molecule has 0 aromatic rings. The highest BCUT2D eigenvalue weighted by Crippen LogP contribution is 2.17. The summed E-state index contributed by atoms with van der Waals surface area (Å²) in [6.07, 6.45) is 6.76. The van der Waals surface area contributed by atoms with E-state index >= 15 is 0 Å². The minimum Gasteiger partial charge on any atom is -0.383 e. The van der Waals surface area contributed by atoms with E-state index in [1.54, 1.807) is 0 Å². The van der Waals surface area contributed by atoms with E-state index in [-0.39, 0.29) is 0 Å². The molecule has 0 unspecified atom stereocenters. The zero-order chi connectivity index (χ0) is 6.81. The standard InChI is InChI=1S/C8H12N2/c1-3-7-8(9-5-1)4-2-6-10-7/h5,10H,1-4,6H2/q+1. The van der Waals surface area contributed by atoms with Crippen LogP contribution < -0.4 is 10.3 Å². The number of allylic oxidation sites excluding steroid dienone is 2. The lowest BCUT2D eigenvalue weighted by Gasteiger charge is -2.14. The third-order valence-electron chi connectivity index (χ3n) is 2.05. The smallest absolute Gasteiger partial charge is 0.272 e. The fraction of sp³-hybridized carbons (Fsp3) is 0.625. The Balaban J connectivity index is 2.23. The number of hydrogen-bond donors (Lipinski definition) is 1. The van der Waals surface area contributed by atoms with Gasteiger partial charge in [0.05, 0.1) is 10.7 Å². The lowest BCUT2D eigenvalue weighted by molar-refractivity contribution is 0.613. The fourth-order valence-corrected chi connectivity index (χ4v) is 1.51. The second-order valence-corrected chi connectivity index (χ2v) is 2.81. The third-order valence-corrected chi connectivity index (χ3v) is 2.05. The quantitative estimate of drug-likeness (QED) is 0.523. The minimum absolute atomic E-state index is 1.12. The molecule has 0 saturated heterocycles. The lowest BCUT2D eigenvalue weighted by Crippen LogP contribution is -2.25. The summed E-state index contributed by atoms with van der Waals surface area (Å²) in [6, 6.07) is 0. The van der Waals surface area contributed by atoms with Crippen LogP contribution in [0.5, 0.6) is 0 Å². The van der Waals surface area contributed by atoms with Gasteiger partial charge in [-0.05, 0) is 6.42 Å². The Bertz CT molecular complexity index is 191. The van der Waals surface area contributed by atoms with Crippen LogP contribution in [-0.4, -0.2) is 12.8 Å². The molecule has 0 aromatic carbocycles. The Hall–Kier alpha value is -0.790. The zero-order valence-electron chi connectivity index (χ0n) is 6.06. The molecule has 10 heavy (non-hydrogen) atoms. The van der Waals surface area contributed by atoms with Gasteiger partial charge >= 0.3 is 0 Å². The number of nitrogens with one attached hydrogen (secondary N) is 1. The van der Waals surface area contributed by atoms with Crippen LogP contribution in [0.25, 0.3) is 0 Å². The van der Waals surface area contributed by atoms with Gasteiger partial charge in [0.1, 0.15) is 0 Å². The molecule has 0 bridgehead atoms. The van der Waals surface area contributed by atoms with Crippen molar-refractivity contribution >= 4 is 6.21 Å². The van der Waals surface area contributed by atoms with E-state index < -0.39 is 0 Å². The molecule has 2 aliphatic rings. The highest BCUT2D eigenvalue weighted by atomic mass is 14.9. The Kier molecular flexibility index (Phi) is 1.46. The van der Waals surface area contributed by atoms with Crippen LogP contribution in [0.4, 0.5) is 0 Å². The molecule has 0 atom stereocenters. The summed E-state index contributed by atoms with van der Waals surface area (Å²) in [5, 5.41) is 3.39. The summed E-state index contributed by atoms with van der Waals surface area (Å²) in [5.41, 5.74) is 2.70. The van der Waals surface area contributed by atoms with E-state index in [0.717, 1.165) is 13.0 Å². The van der Waals surface area contributed by atoms with Gasteiger partial charge in [0, 0.05) is 25.8 Å². The molecule has 0 spiro atoms. The van der Waals surface area contributed by atoms with Crippen molar-refractivity contribution in [1.29, 1.82) is 0 Å². The van der Waals surface area contributed by atoms with Gasteiger partial charge in [-0.25, -0.2) is 0 Å². The molecular weight excluding hydrogens is 124 g/mol. The Labute approximate surface area is 61.0 Å². The summed E-state index contributed by atoms with van der Waals surface area (Å²) >= 11 is 0. The van der Waals surface area contributed by atoms with E-state index in [1.165, 1.54) is 30.7 Å². The van der Waals surface area contributed by atoms with Gasteiger partial charge in [-0.2, -0.15) is 0 Å². The summed E-state index contributed by atoms with van der Waals surface area (Å²) in [7, 11) is 0. The molecule has 2 rings (SSSR count). The normalized spacial score (nSPS) is 24.0. The maximum Gasteiger partial charge on any atom is 0.272 e. The van der Waals surface area contributed by atoms with Gasteiger partial charge < -0.3 is 5.32 Å². The molecule has 0 aromatic heterocycles. The van der Waals surface area contributed by atoms with Crippen molar-refractivity contribution in [2.75, 3.05) is 6.54 Å². The maximum absolute atomic E-state index is 4.34. The van der Waals surface area contributed by atoms with Crippen LogP contribution in [0.2, 0.25) is 0 Å². The van der Waals surface area contributed by atoms with Crippen molar-refractivity contribution in [2.45, 2.75) is 25.7 Å². The molecule has 2 heteroatoms. The first kappa shape index (κ1) is 5.96. The van der Waals surface area contributed by atoms with Crippen molar-refractivity contribution in [1.82, 2.24) is 10.3 Å². The summed E-state index contributed by atoms with van der Waals surface area (Å²) in [6.45, 7) is 1.15. The van der Waals surface area contributed by atoms with Gasteiger partial charge in [-0.3, -0.25) is 0 Å². The van der Waals surface area contributed by atoms with Crippen molar-refractivity contribution in [3.8, 4) is 0 Å². The molecular formula is C8H12N2+. The monoisotopic (exact) mass is 136 g/mol. The second-order valence-electron chi connectivity index (χ2n) is 2.81. The fourth-order valence-electron chi connectivity index (χ4n) is 1.51. The maximum atomic E-state index is 4.34. The molecule has 1 N–H and O–H groups in total. The molecule has 0 aliphatic carbocycles. The Morgan fingerprint density at radius 2 is 2.40 bits per heavy atom. The zero-order valence-corrected chi connectivity index (χ0v) is 6.06. The number of nitrogens with zero attached hydrogens (tertiary/aromatic N) is 1. The summed E-state index contributed by atoms with van der Waals surface area (Å²) < 4.78 is 0. The first-order chi connectivity index (χ1) is 4.97. The molecule has 1 radical (unpaired) electrons. The third kappa shape index (κ3) is 0.939. The van der Waals surface area contributed by atoms with Gasteiger partial charge in [-0.1, -0.05) is 0 Å². The Morgan fingerprint density at radius 3 is 3.30 bits per heavy atom. The molecule has 0 amide bonds. The second kappa shape index (κ2) is 2.45. The van der Waals surface area contributed by atoms with Gasteiger partial charge in [0.15, 0.2) is 0 Å². The van der Waals surface area contributed by atoms with Crippen LogP contribution in [0.3, 0.4) is 0 Å². The number of aliphatic imine (C=N–C) groups is 1. The molecule has 0 fully saturated rings. The predicted molar refractivity (Wildman–Crippen MR) is 41.7 cm³/mol. The number of rotatable bonds is 0. The molecule has 2 nitrogen and oxygen atoms in total. The van der Waals surface area contributed by atoms with Gasteiger partial charge in [0.25, 0.3) is 5.70 Å². The highest BCUT2D eigenvalue weighted by Gasteiger charge is 2.22. The molecule has 0 saturated carbocycles. The van der Waals surface area contributed by atoms with Crippen molar-refractivity contribution in [3.05, 3.63) is 11.4 Å². The van der Waals surface area contributed by atoms with E-state index in [2.05, 4.69) is 10.3 Å². The van der Waals surface area contributed by atoms with Crippen LogP contribution in [0, 0.1) is 0 Å². The first-order valence-corrected chi connectivity index (χ1v) is 3.95. The topological polar surface area (TPSA) is 26.1 Å². The molecule has 2 heterocycles. The first-order valence-electron chi connectivity index (χ1n) is 3.95. The SMILES string of the molecule is C1=[N+]C2=C(CC1)NCCC2. The van der Waals surface area contributed by atoms with Crippen LogP contribution in [-0.2, 0) is 0 Å². The highest BCUT2D eigenvalue weighted by molar-refractivity contribution is 5.59. The summed E-state index contributed by atoms with van der Waals surface area (Å²) in [4.78, 5) is 4.34. The van der Waals surface area contributed by atoms with Crippen molar-refractivity contribution < 1.29 is 0 Å². The van der Waals surface area contributed by atoms with E-state index in [4.69, 9.17) is 0 Å².